The molecule has 24 heavy (non-hydrogen) atoms. The van der Waals surface area contributed by atoms with Crippen molar-refractivity contribution in [3.8, 4) is 23.7 Å². The van der Waals surface area contributed by atoms with E-state index in [2.05, 4.69) is 81.6 Å². The number of hydrogen-bond donors (Lipinski definition) is 0. The summed E-state index contributed by atoms with van der Waals surface area (Å²) in [6.45, 7) is 0. The van der Waals surface area contributed by atoms with Crippen LogP contribution in [0.1, 0.15) is 11.1 Å². The molecule has 0 fully saturated rings. The van der Waals surface area contributed by atoms with Crippen LogP contribution in [0.4, 0.5) is 0 Å². The standard InChI is InChI=1S/C22H16N2/c1-23-13-11-19-15-17(7-9-21(19)23)5-3-4-6-18-8-10-22-20(16-18)12-14-24(22)2/h7-16H,1-2H3. The molecule has 0 saturated heterocycles. The Morgan fingerprint density at radius 1 is 0.625 bits per heavy atom. The van der Waals surface area contributed by atoms with Gasteiger partial charge in [0.2, 0.25) is 0 Å². The third kappa shape index (κ3) is 2.56. The molecule has 2 heteroatoms. The molecule has 0 aliphatic rings. The predicted molar refractivity (Wildman–Crippen MR) is 99.6 cm³/mol. The SMILES string of the molecule is Cn1ccc2cc(C#CC#Cc3ccc4c(ccn4C)c3)ccc21. The highest BCUT2D eigenvalue weighted by atomic mass is 14.9. The van der Waals surface area contributed by atoms with Crippen LogP contribution in [-0.2, 0) is 14.1 Å². The van der Waals surface area contributed by atoms with E-state index in [4.69, 9.17) is 0 Å². The molecule has 0 amide bonds. The first-order valence-corrected chi connectivity index (χ1v) is 7.83. The Morgan fingerprint density at radius 2 is 1.08 bits per heavy atom. The molecule has 4 rings (SSSR count). The van der Waals surface area contributed by atoms with Gasteiger partial charge >= 0.3 is 0 Å². The van der Waals surface area contributed by atoms with Gasteiger partial charge in [0.25, 0.3) is 0 Å². The van der Waals surface area contributed by atoms with Crippen molar-refractivity contribution in [3.05, 3.63) is 72.1 Å². The largest absolute Gasteiger partial charge is 0.351 e. The highest BCUT2D eigenvalue weighted by Crippen LogP contribution is 2.17. The van der Waals surface area contributed by atoms with Crippen LogP contribution in [0.25, 0.3) is 21.8 Å². The number of nitrogens with zero attached hydrogens (tertiary/aromatic N) is 2. The normalized spacial score (nSPS) is 10.2. The van der Waals surface area contributed by atoms with E-state index in [1.54, 1.807) is 0 Å². The fraction of sp³-hybridized carbons (Fsp3) is 0.0909. The first kappa shape index (κ1) is 14.2. The Kier molecular flexibility index (Phi) is 3.38. The summed E-state index contributed by atoms with van der Waals surface area (Å²) in [6, 6.07) is 16.6. The van der Waals surface area contributed by atoms with Crippen molar-refractivity contribution in [2.75, 3.05) is 0 Å². The van der Waals surface area contributed by atoms with Crippen LogP contribution in [0.3, 0.4) is 0 Å². The molecule has 0 aliphatic carbocycles. The lowest BCUT2D eigenvalue weighted by Crippen LogP contribution is -1.83. The van der Waals surface area contributed by atoms with Crippen LogP contribution in [0.5, 0.6) is 0 Å². The molecular weight excluding hydrogens is 292 g/mol. The zero-order chi connectivity index (χ0) is 16.5. The van der Waals surface area contributed by atoms with Gasteiger partial charge in [-0.1, -0.05) is 11.8 Å². The molecule has 0 saturated carbocycles. The third-order valence-electron chi connectivity index (χ3n) is 4.25. The first-order chi connectivity index (χ1) is 11.7. The second-order valence-electron chi connectivity index (χ2n) is 5.90. The lowest BCUT2D eigenvalue weighted by Gasteiger charge is -1.96. The molecule has 0 bridgehead atoms. The molecule has 2 nitrogen and oxygen atoms in total. The summed E-state index contributed by atoms with van der Waals surface area (Å²) in [5.41, 5.74) is 4.40. The topological polar surface area (TPSA) is 9.86 Å². The van der Waals surface area contributed by atoms with Crippen LogP contribution in [0.2, 0.25) is 0 Å². The average molecular weight is 308 g/mol. The maximum absolute atomic E-state index is 3.12. The Labute approximate surface area is 141 Å². The minimum Gasteiger partial charge on any atom is -0.351 e. The van der Waals surface area contributed by atoms with E-state index in [9.17, 15) is 0 Å². The fourth-order valence-electron chi connectivity index (χ4n) is 2.93. The van der Waals surface area contributed by atoms with E-state index in [0.29, 0.717) is 0 Å². The number of aromatic nitrogens is 2. The molecule has 2 aromatic heterocycles. The maximum Gasteiger partial charge on any atom is 0.0478 e. The van der Waals surface area contributed by atoms with Crippen LogP contribution in [-0.4, -0.2) is 9.13 Å². The molecule has 4 aromatic rings. The number of rotatable bonds is 0. The molecule has 0 spiro atoms. The van der Waals surface area contributed by atoms with Crippen LogP contribution < -0.4 is 0 Å². The Balaban J connectivity index is 1.59. The van der Waals surface area contributed by atoms with Crippen molar-refractivity contribution in [2.45, 2.75) is 0 Å². The van der Waals surface area contributed by atoms with Crippen molar-refractivity contribution in [1.29, 1.82) is 0 Å². The molecular formula is C22H16N2. The summed E-state index contributed by atoms with van der Waals surface area (Å²) in [5.74, 6) is 12.1. The van der Waals surface area contributed by atoms with Crippen molar-refractivity contribution in [3.63, 3.8) is 0 Å². The quantitative estimate of drug-likeness (QED) is 0.433. The van der Waals surface area contributed by atoms with E-state index in [-0.39, 0.29) is 0 Å². The molecule has 2 aromatic carbocycles. The summed E-state index contributed by atoms with van der Waals surface area (Å²) in [6.07, 6.45) is 4.11. The van der Waals surface area contributed by atoms with E-state index in [0.717, 1.165) is 11.1 Å². The zero-order valence-electron chi connectivity index (χ0n) is 13.7. The summed E-state index contributed by atoms with van der Waals surface area (Å²) in [4.78, 5) is 0. The van der Waals surface area contributed by atoms with Crippen LogP contribution in [0.15, 0.2) is 60.9 Å². The van der Waals surface area contributed by atoms with Gasteiger partial charge in [-0.25, -0.2) is 0 Å². The van der Waals surface area contributed by atoms with Gasteiger partial charge in [0.1, 0.15) is 0 Å². The monoisotopic (exact) mass is 308 g/mol. The van der Waals surface area contributed by atoms with Crippen molar-refractivity contribution in [1.82, 2.24) is 9.13 Å². The third-order valence-corrected chi connectivity index (χ3v) is 4.25. The summed E-state index contributed by atoms with van der Waals surface area (Å²) in [7, 11) is 4.09. The highest BCUT2D eigenvalue weighted by Gasteiger charge is 1.98. The van der Waals surface area contributed by atoms with Gasteiger partial charge < -0.3 is 9.13 Å². The van der Waals surface area contributed by atoms with E-state index < -0.39 is 0 Å². The fourth-order valence-corrected chi connectivity index (χ4v) is 2.93. The summed E-state index contributed by atoms with van der Waals surface area (Å²) < 4.78 is 4.21. The van der Waals surface area contributed by atoms with Crippen molar-refractivity contribution >= 4 is 21.8 Å². The Hall–Kier alpha value is -3.36. The smallest absolute Gasteiger partial charge is 0.0478 e. The highest BCUT2D eigenvalue weighted by molar-refractivity contribution is 5.82. The lowest BCUT2D eigenvalue weighted by atomic mass is 10.1. The minimum atomic E-state index is 0.988. The molecule has 0 radical (unpaired) electrons. The van der Waals surface area contributed by atoms with Crippen LogP contribution in [0, 0.1) is 23.7 Å². The van der Waals surface area contributed by atoms with Crippen LogP contribution >= 0.6 is 0 Å². The van der Waals surface area contributed by atoms with Crippen molar-refractivity contribution < 1.29 is 0 Å². The maximum atomic E-state index is 3.12. The Morgan fingerprint density at radius 3 is 1.54 bits per heavy atom. The molecule has 2 heterocycles. The number of hydrogen-bond acceptors (Lipinski definition) is 0. The number of aryl methyl sites for hydroxylation is 2. The number of fused-ring (bicyclic) bond motifs is 2. The summed E-state index contributed by atoms with van der Waals surface area (Å²) in [5, 5.41) is 2.40. The molecule has 0 atom stereocenters. The van der Waals surface area contributed by atoms with Gasteiger partial charge in [0.15, 0.2) is 0 Å². The average Bonchev–Trinajstić information content (AvgIpc) is 3.15. The second kappa shape index (κ2) is 5.69. The number of benzene rings is 2. The lowest BCUT2D eigenvalue weighted by molar-refractivity contribution is 0.969. The van der Waals surface area contributed by atoms with Crippen molar-refractivity contribution in [2.24, 2.45) is 14.1 Å². The molecule has 114 valence electrons. The van der Waals surface area contributed by atoms with Gasteiger partial charge in [-0.15, -0.1) is 0 Å². The van der Waals surface area contributed by atoms with Gasteiger partial charge in [0, 0.05) is 59.4 Å². The molecule has 0 aliphatic heterocycles. The van der Waals surface area contributed by atoms with E-state index in [1.165, 1.54) is 21.8 Å². The van der Waals surface area contributed by atoms with Gasteiger partial charge in [0.05, 0.1) is 0 Å². The second-order valence-corrected chi connectivity index (χ2v) is 5.90. The van der Waals surface area contributed by atoms with E-state index in [1.807, 2.05) is 26.2 Å². The van der Waals surface area contributed by atoms with Gasteiger partial charge in [-0.2, -0.15) is 0 Å². The molecule has 0 N–H and O–H groups in total. The predicted octanol–water partition coefficient (Wildman–Crippen LogP) is 4.07. The zero-order valence-corrected chi connectivity index (χ0v) is 13.7. The minimum absolute atomic E-state index is 0.988. The van der Waals surface area contributed by atoms with E-state index >= 15 is 0 Å². The summed E-state index contributed by atoms with van der Waals surface area (Å²) >= 11 is 0. The Bertz CT molecular complexity index is 1080. The van der Waals surface area contributed by atoms with Gasteiger partial charge in [-0.05, 0) is 60.4 Å². The first-order valence-electron chi connectivity index (χ1n) is 7.83. The molecule has 0 unspecified atom stereocenters. The van der Waals surface area contributed by atoms with Gasteiger partial charge in [-0.3, -0.25) is 0 Å².